The molecule has 0 saturated carbocycles. The lowest BCUT2D eigenvalue weighted by atomic mass is 9.87. The maximum atomic E-state index is 6.06. The van der Waals surface area contributed by atoms with E-state index in [2.05, 4.69) is 63.3 Å². The van der Waals surface area contributed by atoms with Gasteiger partial charge in [0.05, 0.1) is 6.10 Å². The zero-order valence-electron chi connectivity index (χ0n) is 12.9. The average molecular weight is 263 g/mol. The molecule has 0 aliphatic carbocycles. The van der Waals surface area contributed by atoms with Crippen molar-refractivity contribution in [3.8, 4) is 0 Å². The Hall–Kier alpha value is -0.860. The molecule has 0 aromatic heterocycles. The summed E-state index contributed by atoms with van der Waals surface area (Å²) in [5.41, 5.74) is 1.28. The van der Waals surface area contributed by atoms with Gasteiger partial charge in [-0.15, -0.1) is 0 Å². The zero-order chi connectivity index (χ0) is 14.1. The summed E-state index contributed by atoms with van der Waals surface area (Å²) in [5, 5.41) is 3.64. The van der Waals surface area contributed by atoms with Gasteiger partial charge in [-0.2, -0.15) is 0 Å². The van der Waals surface area contributed by atoms with Gasteiger partial charge in [-0.25, -0.2) is 0 Å². The highest BCUT2D eigenvalue weighted by Gasteiger charge is 2.28. The van der Waals surface area contributed by atoms with Gasteiger partial charge in [-0.05, 0) is 24.9 Å². The first-order valence-electron chi connectivity index (χ1n) is 7.68. The maximum absolute atomic E-state index is 6.06. The van der Waals surface area contributed by atoms with Gasteiger partial charge in [0.1, 0.15) is 0 Å². The van der Waals surface area contributed by atoms with Crippen LogP contribution >= 0.6 is 0 Å². The van der Waals surface area contributed by atoms with Crippen LogP contribution in [-0.2, 0) is 4.74 Å². The minimum absolute atomic E-state index is 0.149. The van der Waals surface area contributed by atoms with E-state index in [1.54, 1.807) is 0 Å². The van der Waals surface area contributed by atoms with Crippen molar-refractivity contribution in [3.63, 3.8) is 0 Å². The summed E-state index contributed by atoms with van der Waals surface area (Å²) in [7, 11) is 0. The van der Waals surface area contributed by atoms with E-state index in [0.29, 0.717) is 12.0 Å². The number of hydrogen-bond donors (Lipinski definition) is 1. The van der Waals surface area contributed by atoms with Gasteiger partial charge in [-0.1, -0.05) is 63.9 Å². The van der Waals surface area contributed by atoms with Crippen LogP contribution in [-0.4, -0.2) is 19.2 Å². The van der Waals surface area contributed by atoms with E-state index >= 15 is 0 Å². The molecule has 0 fully saturated rings. The normalized spacial score (nSPS) is 14.6. The monoisotopic (exact) mass is 263 g/mol. The molecule has 0 aliphatic rings. The van der Waals surface area contributed by atoms with Crippen LogP contribution in [0.25, 0.3) is 0 Å². The molecule has 0 spiro atoms. The highest BCUT2D eigenvalue weighted by molar-refractivity contribution is 5.19. The average Bonchev–Trinajstić information content (AvgIpc) is 2.46. The Bertz CT molecular complexity index is 321. The molecule has 0 radical (unpaired) electrons. The van der Waals surface area contributed by atoms with Crippen molar-refractivity contribution in [2.24, 2.45) is 5.92 Å². The van der Waals surface area contributed by atoms with Crippen molar-refractivity contribution in [1.82, 2.24) is 5.32 Å². The largest absolute Gasteiger partial charge is 0.372 e. The Morgan fingerprint density at radius 2 is 1.63 bits per heavy atom. The number of rotatable bonds is 9. The van der Waals surface area contributed by atoms with Crippen molar-refractivity contribution in [3.05, 3.63) is 35.9 Å². The predicted octanol–water partition coefficient (Wildman–Crippen LogP) is 4.18. The minimum atomic E-state index is 0.149. The Balaban J connectivity index is 2.97. The molecule has 1 N–H and O–H groups in total. The Morgan fingerprint density at radius 3 is 2.11 bits per heavy atom. The van der Waals surface area contributed by atoms with E-state index in [4.69, 9.17) is 4.74 Å². The molecule has 2 unspecified atom stereocenters. The molecule has 0 bridgehead atoms. The summed E-state index contributed by atoms with van der Waals surface area (Å²) in [5.74, 6) is 0.650. The van der Waals surface area contributed by atoms with Gasteiger partial charge in [0.15, 0.2) is 0 Å². The van der Waals surface area contributed by atoms with Crippen LogP contribution in [0.1, 0.15) is 52.2 Å². The standard InChI is InChI=1S/C17H29NO/c1-5-14(6-2)16(18-7-3)17(19-8-4)15-12-10-9-11-13-15/h9-14,16-18H,5-8H2,1-4H3. The summed E-state index contributed by atoms with van der Waals surface area (Å²) in [6.45, 7) is 10.5. The molecular formula is C17H29NO. The van der Waals surface area contributed by atoms with Crippen LogP contribution in [0.3, 0.4) is 0 Å². The van der Waals surface area contributed by atoms with Crippen molar-refractivity contribution in [2.75, 3.05) is 13.2 Å². The molecule has 0 saturated heterocycles. The first-order valence-corrected chi connectivity index (χ1v) is 7.68. The number of benzene rings is 1. The Labute approximate surface area is 118 Å². The van der Waals surface area contributed by atoms with Crippen molar-refractivity contribution >= 4 is 0 Å². The molecule has 1 aromatic rings. The lowest BCUT2D eigenvalue weighted by Gasteiger charge is -2.33. The third kappa shape index (κ3) is 4.63. The molecular weight excluding hydrogens is 234 g/mol. The quantitative estimate of drug-likeness (QED) is 0.721. The fraction of sp³-hybridized carbons (Fsp3) is 0.647. The summed E-state index contributed by atoms with van der Waals surface area (Å²) < 4.78 is 6.06. The SMILES string of the molecule is CCNC(C(CC)CC)C(OCC)c1ccccc1. The molecule has 1 aromatic carbocycles. The van der Waals surface area contributed by atoms with E-state index in [0.717, 1.165) is 13.2 Å². The third-order valence-electron chi connectivity index (χ3n) is 3.80. The highest BCUT2D eigenvalue weighted by Crippen LogP contribution is 2.29. The van der Waals surface area contributed by atoms with E-state index in [1.807, 2.05) is 0 Å². The molecule has 0 aliphatic heterocycles. The lowest BCUT2D eigenvalue weighted by Crippen LogP contribution is -2.42. The number of ether oxygens (including phenoxy) is 1. The van der Waals surface area contributed by atoms with E-state index in [-0.39, 0.29) is 6.10 Å². The van der Waals surface area contributed by atoms with Gasteiger partial charge in [0.2, 0.25) is 0 Å². The van der Waals surface area contributed by atoms with Gasteiger partial charge in [-0.3, -0.25) is 0 Å². The minimum Gasteiger partial charge on any atom is -0.372 e. The smallest absolute Gasteiger partial charge is 0.0980 e. The Kier molecular flexibility index (Phi) is 7.76. The van der Waals surface area contributed by atoms with Crippen LogP contribution in [0.2, 0.25) is 0 Å². The number of likely N-dealkylation sites (N-methyl/N-ethyl adjacent to an activating group) is 1. The molecule has 108 valence electrons. The second-order valence-electron chi connectivity index (χ2n) is 4.95. The maximum Gasteiger partial charge on any atom is 0.0980 e. The van der Waals surface area contributed by atoms with Crippen LogP contribution in [0, 0.1) is 5.92 Å². The molecule has 2 atom stereocenters. The summed E-state index contributed by atoms with van der Waals surface area (Å²) in [6.07, 6.45) is 2.52. The van der Waals surface area contributed by atoms with E-state index in [9.17, 15) is 0 Å². The zero-order valence-corrected chi connectivity index (χ0v) is 12.9. The molecule has 0 heterocycles. The molecule has 1 rings (SSSR count). The summed E-state index contributed by atoms with van der Waals surface area (Å²) in [6, 6.07) is 11.0. The van der Waals surface area contributed by atoms with Gasteiger partial charge >= 0.3 is 0 Å². The van der Waals surface area contributed by atoms with Gasteiger partial charge in [0, 0.05) is 12.6 Å². The molecule has 19 heavy (non-hydrogen) atoms. The fourth-order valence-electron chi connectivity index (χ4n) is 2.78. The van der Waals surface area contributed by atoms with Crippen LogP contribution in [0.15, 0.2) is 30.3 Å². The molecule has 0 amide bonds. The third-order valence-corrected chi connectivity index (χ3v) is 3.80. The van der Waals surface area contributed by atoms with Gasteiger partial charge in [0.25, 0.3) is 0 Å². The second kappa shape index (κ2) is 9.11. The summed E-state index contributed by atoms with van der Waals surface area (Å²) in [4.78, 5) is 0. The lowest BCUT2D eigenvalue weighted by molar-refractivity contribution is 0.0149. The van der Waals surface area contributed by atoms with Gasteiger partial charge < -0.3 is 10.1 Å². The van der Waals surface area contributed by atoms with E-state index in [1.165, 1.54) is 18.4 Å². The second-order valence-corrected chi connectivity index (χ2v) is 4.95. The van der Waals surface area contributed by atoms with Crippen LogP contribution < -0.4 is 5.32 Å². The van der Waals surface area contributed by atoms with Crippen LogP contribution in [0.5, 0.6) is 0 Å². The fourth-order valence-corrected chi connectivity index (χ4v) is 2.78. The Morgan fingerprint density at radius 1 is 1.00 bits per heavy atom. The number of nitrogens with one attached hydrogen (secondary N) is 1. The van der Waals surface area contributed by atoms with Crippen molar-refractivity contribution in [1.29, 1.82) is 0 Å². The highest BCUT2D eigenvalue weighted by atomic mass is 16.5. The predicted molar refractivity (Wildman–Crippen MR) is 82.3 cm³/mol. The molecule has 2 nitrogen and oxygen atoms in total. The first-order chi connectivity index (χ1) is 9.28. The van der Waals surface area contributed by atoms with Crippen LogP contribution in [0.4, 0.5) is 0 Å². The van der Waals surface area contributed by atoms with Crippen molar-refractivity contribution in [2.45, 2.75) is 52.7 Å². The topological polar surface area (TPSA) is 21.3 Å². The van der Waals surface area contributed by atoms with E-state index < -0.39 is 0 Å². The molecule has 2 heteroatoms. The number of hydrogen-bond acceptors (Lipinski definition) is 2. The summed E-state index contributed by atoms with van der Waals surface area (Å²) >= 11 is 0. The van der Waals surface area contributed by atoms with Crippen molar-refractivity contribution < 1.29 is 4.74 Å². The first kappa shape index (κ1) is 16.2.